The summed E-state index contributed by atoms with van der Waals surface area (Å²) in [5, 5.41) is 4.75. The average Bonchev–Trinajstić information content (AvgIpc) is 3.51. The van der Waals surface area contributed by atoms with Crippen molar-refractivity contribution in [2.24, 2.45) is 0 Å². The molecule has 0 atom stereocenters. The molecular weight excluding hydrogens is 394 g/mol. The average molecular weight is 420 g/mol. The Morgan fingerprint density at radius 2 is 1.82 bits per heavy atom. The molecule has 2 aliphatic rings. The van der Waals surface area contributed by atoms with Gasteiger partial charge in [0.1, 0.15) is 5.82 Å². The molecule has 1 saturated heterocycles. The molecule has 1 aliphatic heterocycles. The van der Waals surface area contributed by atoms with Gasteiger partial charge in [-0.3, -0.25) is 9.47 Å². The molecule has 0 N–H and O–H groups in total. The van der Waals surface area contributed by atoms with Crippen LogP contribution in [0.4, 0.5) is 0 Å². The molecule has 2 aromatic rings. The number of aromatic nitrogens is 3. The fourth-order valence-corrected chi connectivity index (χ4v) is 5.25. The normalized spacial score (nSPS) is 19.0. The third-order valence-electron chi connectivity index (χ3n) is 5.25. The summed E-state index contributed by atoms with van der Waals surface area (Å²) in [5.41, 5.74) is 0. The van der Waals surface area contributed by atoms with Crippen LogP contribution in [0.15, 0.2) is 47.9 Å². The van der Waals surface area contributed by atoms with Crippen LogP contribution in [-0.4, -0.2) is 58.1 Å². The van der Waals surface area contributed by atoms with Crippen LogP contribution in [0, 0.1) is 4.77 Å². The predicted molar refractivity (Wildman–Crippen MR) is 110 cm³/mol. The fraction of sp³-hybridized carbons (Fsp3) is 0.474. The SMILES string of the molecule is C=CCn1c(C2CC2)nn(CN2CCN(S(=O)(=O)c3ccccc3)CC2)c1=S. The van der Waals surface area contributed by atoms with E-state index in [1.165, 1.54) is 12.8 Å². The summed E-state index contributed by atoms with van der Waals surface area (Å²) in [6.07, 6.45) is 4.18. The van der Waals surface area contributed by atoms with Crippen molar-refractivity contribution in [3.05, 3.63) is 53.6 Å². The lowest BCUT2D eigenvalue weighted by molar-refractivity contribution is 0.144. The van der Waals surface area contributed by atoms with Crippen LogP contribution >= 0.6 is 12.2 Å². The molecule has 1 aliphatic carbocycles. The lowest BCUT2D eigenvalue weighted by Crippen LogP contribution is -2.48. The lowest BCUT2D eigenvalue weighted by atomic mass is 10.4. The number of hydrogen-bond donors (Lipinski definition) is 0. The van der Waals surface area contributed by atoms with Gasteiger partial charge < -0.3 is 0 Å². The second kappa shape index (κ2) is 7.90. The van der Waals surface area contributed by atoms with E-state index in [4.69, 9.17) is 17.3 Å². The van der Waals surface area contributed by atoms with Crippen molar-refractivity contribution in [3.8, 4) is 0 Å². The van der Waals surface area contributed by atoms with Gasteiger partial charge in [-0.25, -0.2) is 13.1 Å². The number of rotatable bonds is 7. The molecule has 0 spiro atoms. The van der Waals surface area contributed by atoms with Gasteiger partial charge in [0.05, 0.1) is 11.6 Å². The number of benzene rings is 1. The zero-order chi connectivity index (χ0) is 19.7. The van der Waals surface area contributed by atoms with E-state index in [0.717, 1.165) is 5.82 Å². The van der Waals surface area contributed by atoms with Crippen LogP contribution in [0.2, 0.25) is 0 Å². The molecule has 9 heteroatoms. The van der Waals surface area contributed by atoms with Crippen LogP contribution in [0.1, 0.15) is 24.6 Å². The molecule has 0 unspecified atom stereocenters. The van der Waals surface area contributed by atoms with Crippen molar-refractivity contribution in [2.75, 3.05) is 26.2 Å². The first-order valence-corrected chi connectivity index (χ1v) is 11.4. The molecule has 4 rings (SSSR count). The molecule has 2 fully saturated rings. The zero-order valence-electron chi connectivity index (χ0n) is 15.8. The van der Waals surface area contributed by atoms with Gasteiger partial charge in [0, 0.05) is 38.6 Å². The quantitative estimate of drug-likeness (QED) is 0.510. The molecule has 7 nitrogen and oxygen atoms in total. The minimum atomic E-state index is -3.43. The Labute approximate surface area is 170 Å². The minimum Gasteiger partial charge on any atom is -0.300 e. The van der Waals surface area contributed by atoms with E-state index in [0.29, 0.717) is 55.0 Å². The second-order valence-corrected chi connectivity index (χ2v) is 9.59. The van der Waals surface area contributed by atoms with E-state index >= 15 is 0 Å². The van der Waals surface area contributed by atoms with E-state index in [1.807, 2.05) is 16.8 Å². The van der Waals surface area contributed by atoms with Crippen LogP contribution in [0.3, 0.4) is 0 Å². The van der Waals surface area contributed by atoms with Crippen molar-refractivity contribution in [3.63, 3.8) is 0 Å². The van der Waals surface area contributed by atoms with Gasteiger partial charge >= 0.3 is 0 Å². The molecule has 150 valence electrons. The second-order valence-electron chi connectivity index (χ2n) is 7.29. The van der Waals surface area contributed by atoms with Crippen molar-refractivity contribution >= 4 is 22.2 Å². The van der Waals surface area contributed by atoms with Crippen molar-refractivity contribution < 1.29 is 8.42 Å². The Balaban J connectivity index is 1.43. The number of hydrogen-bond acceptors (Lipinski definition) is 5. The third kappa shape index (κ3) is 3.84. The fourth-order valence-electron chi connectivity index (χ4n) is 3.54. The summed E-state index contributed by atoms with van der Waals surface area (Å²) < 4.78 is 31.7. The molecule has 0 radical (unpaired) electrons. The van der Waals surface area contributed by atoms with E-state index in [2.05, 4.69) is 16.0 Å². The van der Waals surface area contributed by atoms with Crippen molar-refractivity contribution in [1.29, 1.82) is 0 Å². The predicted octanol–water partition coefficient (Wildman–Crippen LogP) is 2.44. The highest BCUT2D eigenvalue weighted by Gasteiger charge is 2.31. The maximum absolute atomic E-state index is 12.8. The maximum atomic E-state index is 12.8. The lowest BCUT2D eigenvalue weighted by Gasteiger charge is -2.33. The first-order valence-electron chi connectivity index (χ1n) is 9.56. The largest absolute Gasteiger partial charge is 0.300 e. The Hall–Kier alpha value is -1.81. The number of nitrogens with zero attached hydrogens (tertiary/aromatic N) is 5. The summed E-state index contributed by atoms with van der Waals surface area (Å²) in [5.74, 6) is 1.56. The molecule has 0 bridgehead atoms. The van der Waals surface area contributed by atoms with Crippen LogP contribution in [0.25, 0.3) is 0 Å². The Bertz CT molecular complexity index is 1000. The number of allylic oxidation sites excluding steroid dienone is 1. The standard InChI is InChI=1S/C19H25N5O2S2/c1-2-10-23-18(16-8-9-16)20-24(19(23)27)15-21-11-13-22(14-12-21)28(25,26)17-6-4-3-5-7-17/h2-7,16H,1,8-15H2. The van der Waals surface area contributed by atoms with E-state index in [1.54, 1.807) is 28.6 Å². The van der Waals surface area contributed by atoms with E-state index in [-0.39, 0.29) is 0 Å². The topological polar surface area (TPSA) is 63.4 Å². The molecule has 0 amide bonds. The zero-order valence-corrected chi connectivity index (χ0v) is 17.4. The third-order valence-corrected chi connectivity index (χ3v) is 7.60. The van der Waals surface area contributed by atoms with Crippen molar-refractivity contribution in [1.82, 2.24) is 23.6 Å². The van der Waals surface area contributed by atoms with Crippen molar-refractivity contribution in [2.45, 2.75) is 36.9 Å². The van der Waals surface area contributed by atoms with Gasteiger partial charge in [0.2, 0.25) is 10.0 Å². The highest BCUT2D eigenvalue weighted by atomic mass is 32.2. The highest BCUT2D eigenvalue weighted by molar-refractivity contribution is 7.89. The summed E-state index contributed by atoms with van der Waals surface area (Å²) in [6.45, 7) is 7.32. The first kappa shape index (κ1) is 19.5. The van der Waals surface area contributed by atoms with Gasteiger partial charge in [-0.05, 0) is 37.2 Å². The smallest absolute Gasteiger partial charge is 0.243 e. The van der Waals surface area contributed by atoms with Gasteiger partial charge in [0.15, 0.2) is 4.77 Å². The Morgan fingerprint density at radius 1 is 1.14 bits per heavy atom. The molecule has 28 heavy (non-hydrogen) atoms. The van der Waals surface area contributed by atoms with Gasteiger partial charge in [-0.15, -0.1) is 6.58 Å². The minimum absolute atomic E-state index is 0.350. The summed E-state index contributed by atoms with van der Waals surface area (Å²) >= 11 is 5.62. The number of sulfonamides is 1. The van der Waals surface area contributed by atoms with Crippen LogP contribution < -0.4 is 0 Å². The van der Waals surface area contributed by atoms with Gasteiger partial charge in [0.25, 0.3) is 0 Å². The molecule has 1 aromatic carbocycles. The van der Waals surface area contributed by atoms with Crippen LogP contribution in [0.5, 0.6) is 0 Å². The Kier molecular flexibility index (Phi) is 5.50. The van der Waals surface area contributed by atoms with E-state index in [9.17, 15) is 8.42 Å². The summed E-state index contributed by atoms with van der Waals surface area (Å²) in [7, 11) is -3.43. The monoisotopic (exact) mass is 419 g/mol. The van der Waals surface area contributed by atoms with Gasteiger partial charge in [-0.2, -0.15) is 9.40 Å². The molecule has 2 heterocycles. The molecular formula is C19H25N5O2S2. The van der Waals surface area contributed by atoms with Crippen LogP contribution in [-0.2, 0) is 23.2 Å². The maximum Gasteiger partial charge on any atom is 0.243 e. The highest BCUT2D eigenvalue weighted by Crippen LogP contribution is 2.39. The molecule has 1 saturated carbocycles. The number of piperazine rings is 1. The molecule has 1 aromatic heterocycles. The Morgan fingerprint density at radius 3 is 2.43 bits per heavy atom. The van der Waals surface area contributed by atoms with E-state index < -0.39 is 10.0 Å². The van der Waals surface area contributed by atoms with Gasteiger partial charge in [-0.1, -0.05) is 24.3 Å². The first-order chi connectivity index (χ1) is 13.5. The summed E-state index contributed by atoms with van der Waals surface area (Å²) in [4.78, 5) is 2.55. The summed E-state index contributed by atoms with van der Waals surface area (Å²) in [6, 6.07) is 8.62.